The maximum atomic E-state index is 14.8. The number of carbonyl (C=O) groups excluding carboxylic acids is 3. The maximum Gasteiger partial charge on any atom is 0.247 e. The van der Waals surface area contributed by atoms with Gasteiger partial charge >= 0.3 is 0 Å². The van der Waals surface area contributed by atoms with E-state index in [1.807, 2.05) is 56.0 Å². The van der Waals surface area contributed by atoms with Crippen LogP contribution in [0.2, 0.25) is 0 Å². The Morgan fingerprint density at radius 2 is 1.80 bits per heavy atom. The van der Waals surface area contributed by atoms with Crippen LogP contribution in [0.25, 0.3) is 0 Å². The number of thioether (sulfide) groups is 1. The number of benzene rings is 1. The summed E-state index contributed by atoms with van der Waals surface area (Å²) >= 11 is 1.69. The third-order valence-corrected chi connectivity index (χ3v) is 11.7. The van der Waals surface area contributed by atoms with E-state index in [4.69, 9.17) is 0 Å². The second-order valence-corrected chi connectivity index (χ2v) is 13.5. The van der Waals surface area contributed by atoms with Gasteiger partial charge in [0.25, 0.3) is 0 Å². The van der Waals surface area contributed by atoms with Gasteiger partial charge in [-0.1, -0.05) is 76.6 Å². The van der Waals surface area contributed by atoms with Gasteiger partial charge in [0.15, 0.2) is 0 Å². The van der Waals surface area contributed by atoms with E-state index in [1.54, 1.807) is 33.7 Å². The minimum Gasteiger partial charge on any atom is -0.394 e. The highest BCUT2D eigenvalue weighted by Gasteiger charge is 2.77. The molecule has 4 rings (SSSR count). The molecule has 3 heterocycles. The van der Waals surface area contributed by atoms with Crippen molar-refractivity contribution in [1.82, 2.24) is 14.7 Å². The zero-order chi connectivity index (χ0) is 29.9. The Hall–Kier alpha value is -2.58. The fraction of sp³-hybridized carbons (Fsp3) is 0.606. The Morgan fingerprint density at radius 1 is 1.15 bits per heavy atom. The quantitative estimate of drug-likeness (QED) is 0.330. The van der Waals surface area contributed by atoms with Gasteiger partial charge in [-0.2, -0.15) is 0 Å². The monoisotopic (exact) mass is 581 g/mol. The van der Waals surface area contributed by atoms with Gasteiger partial charge in [-0.3, -0.25) is 14.4 Å². The molecule has 2 bridgehead atoms. The molecule has 8 atom stereocenters. The lowest BCUT2D eigenvalue weighted by Gasteiger charge is -2.43. The van der Waals surface area contributed by atoms with Gasteiger partial charge in [0.05, 0.1) is 29.2 Å². The maximum absolute atomic E-state index is 14.8. The summed E-state index contributed by atoms with van der Waals surface area (Å²) in [6, 6.07) is 8.56. The van der Waals surface area contributed by atoms with E-state index in [1.165, 1.54) is 0 Å². The van der Waals surface area contributed by atoms with Gasteiger partial charge < -0.3 is 19.8 Å². The Kier molecular flexibility index (Phi) is 10.1. The van der Waals surface area contributed by atoms with E-state index in [0.717, 1.165) is 24.8 Å². The summed E-state index contributed by atoms with van der Waals surface area (Å²) in [5, 5.41) is 10.6. The summed E-state index contributed by atoms with van der Waals surface area (Å²) in [5.41, 5.74) is 0.998. The standard InChI is InChI=1S/C33H47N3O4S/c1-7-16-34(17-8-2)30(38)27-26-19-23(6)33(41-26)28(27)31(39)36(25(21-37)22(5)10-4)29(33)32(40)35(18-9-3)20-24-14-12-11-13-15-24/h7,9,11-15,22-23,25-29,37H,1,3,8,10,16-21H2,2,4-6H3/t22-,23?,25-,26-,27+,28-,29?,33?/m0/s1. The number of likely N-dealkylation sites (tertiary alicyclic amines) is 1. The van der Waals surface area contributed by atoms with Crippen molar-refractivity contribution in [2.24, 2.45) is 23.7 Å². The van der Waals surface area contributed by atoms with Gasteiger partial charge in [-0.25, -0.2) is 0 Å². The third kappa shape index (κ3) is 5.38. The SMILES string of the molecule is C=CCN(Cc1ccccc1)C(=O)C1N([C@@H](CO)[C@@H](C)CC)C(=O)[C@@H]2[C@H](C(=O)N(CC=C)CCC)[C@@H]3CC(C)C12S3. The van der Waals surface area contributed by atoms with Crippen LogP contribution in [-0.2, 0) is 20.9 Å². The summed E-state index contributed by atoms with van der Waals surface area (Å²) in [6.45, 7) is 17.6. The van der Waals surface area contributed by atoms with Gasteiger partial charge in [0.2, 0.25) is 17.7 Å². The van der Waals surface area contributed by atoms with Crippen LogP contribution < -0.4 is 0 Å². The summed E-state index contributed by atoms with van der Waals surface area (Å²) in [7, 11) is 0. The molecule has 1 aromatic rings. The zero-order valence-corrected chi connectivity index (χ0v) is 25.9. The highest BCUT2D eigenvalue weighted by atomic mass is 32.2. The molecule has 3 aliphatic rings. The lowest BCUT2D eigenvalue weighted by Crippen LogP contribution is -2.60. The van der Waals surface area contributed by atoms with Gasteiger partial charge in [0, 0.05) is 31.4 Å². The summed E-state index contributed by atoms with van der Waals surface area (Å²) < 4.78 is -0.734. The van der Waals surface area contributed by atoms with E-state index in [0.29, 0.717) is 26.2 Å². The molecule has 0 radical (unpaired) electrons. The van der Waals surface area contributed by atoms with Crippen molar-refractivity contribution in [1.29, 1.82) is 0 Å². The normalized spacial score (nSPS) is 29.6. The molecule has 8 heteroatoms. The van der Waals surface area contributed by atoms with E-state index in [9.17, 15) is 19.5 Å². The summed E-state index contributed by atoms with van der Waals surface area (Å²) in [4.78, 5) is 48.9. The number of fused-ring (bicyclic) bond motifs is 1. The molecule has 3 unspecified atom stereocenters. The van der Waals surface area contributed by atoms with Crippen molar-refractivity contribution in [3.05, 3.63) is 61.2 Å². The highest BCUT2D eigenvalue weighted by Crippen LogP contribution is 2.69. The second kappa shape index (κ2) is 13.2. The van der Waals surface area contributed by atoms with Crippen LogP contribution in [0.4, 0.5) is 0 Å². The van der Waals surface area contributed by atoms with Crippen molar-refractivity contribution in [2.75, 3.05) is 26.2 Å². The molecule has 3 aliphatic heterocycles. The fourth-order valence-corrected chi connectivity index (χ4v) is 9.88. The predicted molar refractivity (Wildman–Crippen MR) is 165 cm³/mol. The molecule has 3 fully saturated rings. The van der Waals surface area contributed by atoms with Gasteiger partial charge in [-0.05, 0) is 30.2 Å². The molecule has 41 heavy (non-hydrogen) atoms. The van der Waals surface area contributed by atoms with Crippen LogP contribution in [0.1, 0.15) is 52.5 Å². The zero-order valence-electron chi connectivity index (χ0n) is 25.1. The van der Waals surface area contributed by atoms with E-state index in [-0.39, 0.29) is 41.4 Å². The number of hydrogen-bond donors (Lipinski definition) is 1. The van der Waals surface area contributed by atoms with E-state index >= 15 is 0 Å². The number of nitrogens with zero attached hydrogens (tertiary/aromatic N) is 3. The Morgan fingerprint density at radius 3 is 2.39 bits per heavy atom. The van der Waals surface area contributed by atoms with Gasteiger partial charge in [0.1, 0.15) is 6.04 Å². The van der Waals surface area contributed by atoms with Crippen LogP contribution in [0.3, 0.4) is 0 Å². The van der Waals surface area contributed by atoms with Crippen LogP contribution in [0.15, 0.2) is 55.6 Å². The Balaban J connectivity index is 1.83. The molecule has 1 aromatic carbocycles. The minimum absolute atomic E-state index is 0.0132. The average Bonchev–Trinajstić information content (AvgIpc) is 3.56. The molecule has 0 aliphatic carbocycles. The summed E-state index contributed by atoms with van der Waals surface area (Å²) in [5.74, 6) is -1.35. The molecule has 7 nitrogen and oxygen atoms in total. The Labute approximate surface area is 250 Å². The molecule has 0 saturated carbocycles. The largest absolute Gasteiger partial charge is 0.394 e. The van der Waals surface area contributed by atoms with Gasteiger partial charge in [-0.15, -0.1) is 24.9 Å². The molecular weight excluding hydrogens is 534 g/mol. The van der Waals surface area contributed by atoms with Crippen molar-refractivity contribution in [3.63, 3.8) is 0 Å². The molecule has 1 spiro atoms. The van der Waals surface area contributed by atoms with Crippen molar-refractivity contribution in [2.45, 2.75) is 75.6 Å². The molecule has 0 aromatic heterocycles. The first-order valence-corrected chi connectivity index (χ1v) is 16.0. The van der Waals surface area contributed by atoms with E-state index in [2.05, 4.69) is 20.1 Å². The average molecular weight is 582 g/mol. The van der Waals surface area contributed by atoms with Crippen molar-refractivity contribution >= 4 is 29.5 Å². The topological polar surface area (TPSA) is 81.2 Å². The Bertz CT molecular complexity index is 1130. The van der Waals surface area contributed by atoms with Crippen LogP contribution in [0.5, 0.6) is 0 Å². The lowest BCUT2D eigenvalue weighted by molar-refractivity contribution is -0.148. The van der Waals surface area contributed by atoms with E-state index < -0.39 is 28.7 Å². The molecular formula is C33H47N3O4S. The predicted octanol–water partition coefficient (Wildman–Crippen LogP) is 4.37. The molecule has 3 amide bonds. The number of aliphatic hydroxyl groups is 1. The lowest BCUT2D eigenvalue weighted by atomic mass is 9.65. The number of amides is 3. The first-order chi connectivity index (χ1) is 19.7. The fourth-order valence-electron chi connectivity index (χ4n) is 7.49. The minimum atomic E-state index is -0.767. The van der Waals surface area contributed by atoms with Crippen LogP contribution in [0, 0.1) is 23.7 Å². The third-order valence-electron chi connectivity index (χ3n) is 9.58. The van der Waals surface area contributed by atoms with Crippen molar-refractivity contribution < 1.29 is 19.5 Å². The smallest absolute Gasteiger partial charge is 0.247 e. The molecule has 3 saturated heterocycles. The first kappa shape index (κ1) is 31.4. The number of carbonyl (C=O) groups is 3. The number of hydrogen-bond acceptors (Lipinski definition) is 5. The van der Waals surface area contributed by atoms with Crippen LogP contribution in [-0.4, -0.2) is 85.8 Å². The molecule has 1 N–H and O–H groups in total. The summed E-state index contributed by atoms with van der Waals surface area (Å²) in [6.07, 6.45) is 5.81. The van der Waals surface area contributed by atoms with Crippen molar-refractivity contribution in [3.8, 4) is 0 Å². The molecule has 224 valence electrons. The number of rotatable bonds is 14. The highest BCUT2D eigenvalue weighted by molar-refractivity contribution is 8.02. The second-order valence-electron chi connectivity index (χ2n) is 12.0. The van der Waals surface area contributed by atoms with Crippen LogP contribution >= 0.6 is 11.8 Å². The first-order valence-electron chi connectivity index (χ1n) is 15.2. The number of aliphatic hydroxyl groups excluding tert-OH is 1.